The molecule has 1 aliphatic rings. The molecule has 0 bridgehead atoms. The Morgan fingerprint density at radius 1 is 1.26 bits per heavy atom. The molecule has 1 aromatic rings. The van der Waals surface area contributed by atoms with Crippen molar-refractivity contribution >= 4 is 0 Å². The van der Waals surface area contributed by atoms with Gasteiger partial charge in [0.25, 0.3) is 0 Å². The Hall–Kier alpha value is -1.32. The second-order valence-corrected chi connectivity index (χ2v) is 5.34. The van der Waals surface area contributed by atoms with E-state index in [4.69, 9.17) is 4.74 Å². The van der Waals surface area contributed by atoms with Crippen molar-refractivity contribution in [3.8, 4) is 0 Å². The van der Waals surface area contributed by atoms with Crippen LogP contribution in [0, 0.1) is 0 Å². The fraction of sp³-hybridized carbons (Fsp3) is 0.500. The summed E-state index contributed by atoms with van der Waals surface area (Å²) in [5.41, 5.74) is 2.77. The second-order valence-electron chi connectivity index (χ2n) is 5.34. The average Bonchev–Trinajstić information content (AvgIpc) is 2.41. The SMILES string of the molecule is CN(C)Cc1ccccc1CNCC1CCC=CO1. The van der Waals surface area contributed by atoms with Crippen LogP contribution in [0.25, 0.3) is 0 Å². The molecule has 1 unspecified atom stereocenters. The van der Waals surface area contributed by atoms with Crippen molar-refractivity contribution in [2.24, 2.45) is 0 Å². The number of hydrogen-bond donors (Lipinski definition) is 1. The highest BCUT2D eigenvalue weighted by Gasteiger charge is 2.10. The van der Waals surface area contributed by atoms with Crippen LogP contribution in [0.5, 0.6) is 0 Å². The van der Waals surface area contributed by atoms with Crippen molar-refractivity contribution in [1.82, 2.24) is 10.2 Å². The molecule has 104 valence electrons. The minimum atomic E-state index is 0.325. The van der Waals surface area contributed by atoms with Crippen LogP contribution < -0.4 is 5.32 Å². The largest absolute Gasteiger partial charge is 0.497 e. The van der Waals surface area contributed by atoms with Gasteiger partial charge in [-0.3, -0.25) is 0 Å². The van der Waals surface area contributed by atoms with Gasteiger partial charge in [-0.25, -0.2) is 0 Å². The third-order valence-corrected chi connectivity index (χ3v) is 3.31. The van der Waals surface area contributed by atoms with E-state index in [-0.39, 0.29) is 0 Å². The van der Waals surface area contributed by atoms with Crippen LogP contribution in [0.2, 0.25) is 0 Å². The third kappa shape index (κ3) is 4.69. The van der Waals surface area contributed by atoms with Gasteiger partial charge >= 0.3 is 0 Å². The molecule has 0 aromatic heterocycles. The molecule has 19 heavy (non-hydrogen) atoms. The maximum atomic E-state index is 5.56. The summed E-state index contributed by atoms with van der Waals surface area (Å²) in [7, 11) is 4.21. The van der Waals surface area contributed by atoms with Crippen molar-refractivity contribution in [3.05, 3.63) is 47.7 Å². The highest BCUT2D eigenvalue weighted by atomic mass is 16.5. The minimum absolute atomic E-state index is 0.325. The molecule has 1 aliphatic heterocycles. The topological polar surface area (TPSA) is 24.5 Å². The number of hydrogen-bond acceptors (Lipinski definition) is 3. The molecule has 0 fully saturated rings. The lowest BCUT2D eigenvalue weighted by molar-refractivity contribution is 0.122. The second kappa shape index (κ2) is 7.31. The van der Waals surface area contributed by atoms with E-state index in [0.29, 0.717) is 6.10 Å². The number of rotatable bonds is 6. The highest BCUT2D eigenvalue weighted by molar-refractivity contribution is 5.26. The minimum Gasteiger partial charge on any atom is -0.497 e. The van der Waals surface area contributed by atoms with Crippen LogP contribution in [0.15, 0.2) is 36.6 Å². The van der Waals surface area contributed by atoms with Crippen molar-refractivity contribution in [3.63, 3.8) is 0 Å². The zero-order valence-electron chi connectivity index (χ0n) is 11.9. The number of ether oxygens (including phenoxy) is 1. The maximum Gasteiger partial charge on any atom is 0.110 e. The number of allylic oxidation sites excluding steroid dienone is 1. The normalized spacial score (nSPS) is 18.6. The van der Waals surface area contributed by atoms with E-state index >= 15 is 0 Å². The Labute approximate surface area is 116 Å². The molecule has 1 heterocycles. The van der Waals surface area contributed by atoms with Crippen molar-refractivity contribution in [2.45, 2.75) is 32.0 Å². The molecule has 1 aromatic carbocycles. The fourth-order valence-electron chi connectivity index (χ4n) is 2.33. The molecule has 0 amide bonds. The van der Waals surface area contributed by atoms with Gasteiger partial charge in [-0.1, -0.05) is 24.3 Å². The van der Waals surface area contributed by atoms with E-state index in [1.807, 2.05) is 6.26 Å². The molecule has 2 rings (SSSR count). The van der Waals surface area contributed by atoms with Gasteiger partial charge in [0.15, 0.2) is 0 Å². The van der Waals surface area contributed by atoms with Crippen molar-refractivity contribution in [1.29, 1.82) is 0 Å². The molecule has 3 nitrogen and oxygen atoms in total. The zero-order chi connectivity index (χ0) is 13.5. The Bertz CT molecular complexity index is 415. The monoisotopic (exact) mass is 260 g/mol. The van der Waals surface area contributed by atoms with Crippen molar-refractivity contribution < 1.29 is 4.74 Å². The molecule has 0 radical (unpaired) electrons. The first-order valence-corrected chi connectivity index (χ1v) is 6.98. The van der Waals surface area contributed by atoms with Gasteiger partial charge < -0.3 is 15.0 Å². The van der Waals surface area contributed by atoms with Gasteiger partial charge in [0, 0.05) is 19.6 Å². The smallest absolute Gasteiger partial charge is 0.110 e. The predicted octanol–water partition coefficient (Wildman–Crippen LogP) is 2.53. The standard InChI is InChI=1S/C16H24N2O/c1-18(2)13-15-8-4-3-7-14(15)11-17-12-16-9-5-6-10-19-16/h3-4,6-8,10,16-17H,5,9,11-13H2,1-2H3. The predicted molar refractivity (Wildman–Crippen MR) is 78.8 cm³/mol. The summed E-state index contributed by atoms with van der Waals surface area (Å²) in [6, 6.07) is 8.62. The lowest BCUT2D eigenvalue weighted by Crippen LogP contribution is -2.29. The van der Waals surface area contributed by atoms with Crippen molar-refractivity contribution in [2.75, 3.05) is 20.6 Å². The average molecular weight is 260 g/mol. The van der Waals surface area contributed by atoms with Gasteiger partial charge in [-0.15, -0.1) is 0 Å². The number of nitrogens with one attached hydrogen (secondary N) is 1. The highest BCUT2D eigenvalue weighted by Crippen LogP contribution is 2.12. The molecule has 1 atom stereocenters. The van der Waals surface area contributed by atoms with E-state index in [9.17, 15) is 0 Å². The van der Waals surface area contributed by atoms with E-state index in [0.717, 1.165) is 32.5 Å². The molecule has 0 spiro atoms. The first-order valence-electron chi connectivity index (χ1n) is 6.98. The maximum absolute atomic E-state index is 5.56. The van der Waals surface area contributed by atoms with Crippen LogP contribution in [0.4, 0.5) is 0 Å². The number of benzene rings is 1. The van der Waals surface area contributed by atoms with Crippen LogP contribution in [-0.4, -0.2) is 31.6 Å². The van der Waals surface area contributed by atoms with E-state index in [2.05, 4.69) is 54.7 Å². The summed E-state index contributed by atoms with van der Waals surface area (Å²) < 4.78 is 5.56. The molecular weight excluding hydrogens is 236 g/mol. The van der Waals surface area contributed by atoms with Crippen LogP contribution in [-0.2, 0) is 17.8 Å². The van der Waals surface area contributed by atoms with Gasteiger partial charge in [-0.05, 0) is 44.1 Å². The third-order valence-electron chi connectivity index (χ3n) is 3.31. The first kappa shape index (κ1) is 14.1. The zero-order valence-corrected chi connectivity index (χ0v) is 11.9. The molecule has 0 saturated carbocycles. The Kier molecular flexibility index (Phi) is 5.43. The molecule has 0 saturated heterocycles. The molecular formula is C16H24N2O. The van der Waals surface area contributed by atoms with Crippen LogP contribution in [0.1, 0.15) is 24.0 Å². The summed E-state index contributed by atoms with van der Waals surface area (Å²) in [5.74, 6) is 0. The quantitative estimate of drug-likeness (QED) is 0.850. The van der Waals surface area contributed by atoms with Crippen LogP contribution in [0.3, 0.4) is 0 Å². The van der Waals surface area contributed by atoms with Crippen LogP contribution >= 0.6 is 0 Å². The Morgan fingerprint density at radius 3 is 2.74 bits per heavy atom. The lowest BCUT2D eigenvalue weighted by Gasteiger charge is -2.20. The Balaban J connectivity index is 1.83. The van der Waals surface area contributed by atoms with Gasteiger partial charge in [-0.2, -0.15) is 0 Å². The molecule has 1 N–H and O–H groups in total. The Morgan fingerprint density at radius 2 is 2.05 bits per heavy atom. The summed E-state index contributed by atoms with van der Waals surface area (Å²) in [6.45, 7) is 2.81. The fourth-order valence-corrected chi connectivity index (χ4v) is 2.33. The summed E-state index contributed by atoms with van der Waals surface area (Å²) in [5, 5.41) is 3.51. The summed E-state index contributed by atoms with van der Waals surface area (Å²) >= 11 is 0. The van der Waals surface area contributed by atoms with Gasteiger partial charge in [0.05, 0.1) is 6.26 Å². The molecule has 3 heteroatoms. The summed E-state index contributed by atoms with van der Waals surface area (Å²) in [6.07, 6.45) is 6.48. The van der Waals surface area contributed by atoms with E-state index in [1.54, 1.807) is 0 Å². The van der Waals surface area contributed by atoms with Gasteiger partial charge in [0.2, 0.25) is 0 Å². The van der Waals surface area contributed by atoms with E-state index < -0.39 is 0 Å². The lowest BCUT2D eigenvalue weighted by atomic mass is 10.1. The van der Waals surface area contributed by atoms with E-state index in [1.165, 1.54) is 11.1 Å². The first-order chi connectivity index (χ1) is 9.25. The summed E-state index contributed by atoms with van der Waals surface area (Å²) in [4.78, 5) is 2.20. The molecule has 0 aliphatic carbocycles. The van der Waals surface area contributed by atoms with Gasteiger partial charge in [0.1, 0.15) is 6.10 Å². The number of nitrogens with zero attached hydrogens (tertiary/aromatic N) is 1.